The average molecular weight is 284 g/mol. The van der Waals surface area contributed by atoms with Crippen molar-refractivity contribution in [1.82, 2.24) is 25.0 Å². The highest BCUT2D eigenvalue weighted by Crippen LogP contribution is 2.17. The molecule has 0 radical (unpaired) electrons. The average Bonchev–Trinajstić information content (AvgIpc) is 2.92. The fourth-order valence-electron chi connectivity index (χ4n) is 2.16. The molecule has 2 heterocycles. The van der Waals surface area contributed by atoms with Crippen molar-refractivity contribution >= 4 is 16.7 Å². The van der Waals surface area contributed by atoms with Gasteiger partial charge in [-0.15, -0.1) is 5.10 Å². The summed E-state index contributed by atoms with van der Waals surface area (Å²) in [4.78, 5) is 8.79. The Morgan fingerprint density at radius 3 is 2.90 bits per heavy atom. The van der Waals surface area contributed by atoms with E-state index in [1.807, 2.05) is 30.5 Å². The number of aryl methyl sites for hydroxylation is 1. The minimum absolute atomic E-state index is 0.150. The highest BCUT2D eigenvalue weighted by Gasteiger charge is 2.07. The summed E-state index contributed by atoms with van der Waals surface area (Å²) < 4.78 is 1.68. The van der Waals surface area contributed by atoms with Crippen LogP contribution >= 0.6 is 0 Å². The Morgan fingerprint density at radius 2 is 2.05 bits per heavy atom. The van der Waals surface area contributed by atoms with E-state index in [1.165, 1.54) is 0 Å². The molecule has 3 rings (SSSR count). The Kier molecular flexibility index (Phi) is 3.74. The van der Waals surface area contributed by atoms with Gasteiger partial charge in [-0.25, -0.2) is 14.6 Å². The van der Waals surface area contributed by atoms with Crippen molar-refractivity contribution in [3.05, 3.63) is 42.0 Å². The Bertz CT molecular complexity index is 754. The molecular formula is C14H16N6O. The second-order valence-corrected chi connectivity index (χ2v) is 4.78. The molecule has 0 aliphatic carbocycles. The van der Waals surface area contributed by atoms with Gasteiger partial charge in [0.1, 0.15) is 12.4 Å². The third-order valence-corrected chi connectivity index (χ3v) is 3.16. The maximum atomic E-state index is 8.81. The van der Waals surface area contributed by atoms with E-state index >= 15 is 0 Å². The van der Waals surface area contributed by atoms with Gasteiger partial charge in [0.25, 0.3) is 0 Å². The number of benzene rings is 1. The zero-order valence-corrected chi connectivity index (χ0v) is 11.5. The summed E-state index contributed by atoms with van der Waals surface area (Å²) in [5.41, 5.74) is 7.62. The molecule has 0 amide bonds. The lowest BCUT2D eigenvalue weighted by Crippen LogP contribution is -2.07. The van der Waals surface area contributed by atoms with Gasteiger partial charge >= 0.3 is 0 Å². The van der Waals surface area contributed by atoms with Crippen LogP contribution in [0.4, 0.5) is 5.82 Å². The first-order chi connectivity index (χ1) is 10.3. The molecular weight excluding hydrogens is 268 g/mol. The number of anilines is 1. The Hall–Kier alpha value is -2.54. The van der Waals surface area contributed by atoms with Crippen molar-refractivity contribution in [2.24, 2.45) is 0 Å². The predicted octanol–water partition coefficient (Wildman–Crippen LogP) is 0.777. The summed E-state index contributed by atoms with van der Waals surface area (Å²) in [6.07, 6.45) is 3.22. The highest BCUT2D eigenvalue weighted by atomic mass is 16.2. The molecule has 108 valence electrons. The molecule has 0 fully saturated rings. The number of aliphatic hydroxyl groups excluding tert-OH is 1. The van der Waals surface area contributed by atoms with E-state index in [0.29, 0.717) is 31.0 Å². The molecule has 0 unspecified atom stereocenters. The minimum Gasteiger partial charge on any atom is -0.396 e. The summed E-state index contributed by atoms with van der Waals surface area (Å²) >= 11 is 0. The normalized spacial score (nSPS) is 11.1. The van der Waals surface area contributed by atoms with Crippen LogP contribution in [0.2, 0.25) is 0 Å². The highest BCUT2D eigenvalue weighted by molar-refractivity contribution is 5.87. The molecule has 0 bridgehead atoms. The zero-order chi connectivity index (χ0) is 14.7. The molecule has 2 aromatic heterocycles. The van der Waals surface area contributed by atoms with Crippen LogP contribution in [0.25, 0.3) is 10.9 Å². The van der Waals surface area contributed by atoms with E-state index in [0.717, 1.165) is 16.6 Å². The quantitative estimate of drug-likeness (QED) is 0.717. The van der Waals surface area contributed by atoms with Gasteiger partial charge in [0, 0.05) is 18.2 Å². The van der Waals surface area contributed by atoms with Crippen LogP contribution in [0.5, 0.6) is 0 Å². The van der Waals surface area contributed by atoms with Gasteiger partial charge in [0.05, 0.1) is 11.2 Å². The molecule has 21 heavy (non-hydrogen) atoms. The number of fused-ring (bicyclic) bond motifs is 1. The lowest BCUT2D eigenvalue weighted by atomic mass is 10.2. The largest absolute Gasteiger partial charge is 0.396 e. The van der Waals surface area contributed by atoms with Gasteiger partial charge in [0.2, 0.25) is 0 Å². The van der Waals surface area contributed by atoms with Crippen LogP contribution in [-0.4, -0.2) is 36.7 Å². The molecule has 0 saturated heterocycles. The number of hydrogen-bond acceptors (Lipinski definition) is 6. The van der Waals surface area contributed by atoms with Crippen LogP contribution in [0.15, 0.2) is 30.5 Å². The molecule has 1 aromatic carbocycles. The third-order valence-electron chi connectivity index (χ3n) is 3.16. The lowest BCUT2D eigenvalue weighted by Gasteiger charge is -2.04. The smallest absolute Gasteiger partial charge is 0.152 e. The third kappa shape index (κ3) is 2.97. The molecule has 0 saturated carbocycles. The second kappa shape index (κ2) is 5.84. The molecule has 0 atom stereocenters. The van der Waals surface area contributed by atoms with Gasteiger partial charge in [-0.05, 0) is 25.0 Å². The molecule has 0 aliphatic heterocycles. The van der Waals surface area contributed by atoms with Gasteiger partial charge in [-0.2, -0.15) is 0 Å². The molecule has 0 aliphatic rings. The number of aromatic nitrogens is 5. The molecule has 0 spiro atoms. The number of nitrogens with two attached hydrogens (primary N) is 1. The first-order valence-corrected chi connectivity index (χ1v) is 6.77. The fraction of sp³-hybridized carbons (Fsp3) is 0.286. The van der Waals surface area contributed by atoms with Gasteiger partial charge in [0.15, 0.2) is 5.82 Å². The van der Waals surface area contributed by atoms with Gasteiger partial charge in [-0.3, -0.25) is 0 Å². The first-order valence-electron chi connectivity index (χ1n) is 6.77. The van der Waals surface area contributed by atoms with Gasteiger partial charge in [-0.1, -0.05) is 17.3 Å². The number of hydrogen-bond donors (Lipinski definition) is 2. The monoisotopic (exact) mass is 284 g/mol. The molecule has 7 heteroatoms. The van der Waals surface area contributed by atoms with Crippen molar-refractivity contribution in [2.45, 2.75) is 19.4 Å². The summed E-state index contributed by atoms with van der Waals surface area (Å²) in [7, 11) is 0. The fourth-order valence-corrected chi connectivity index (χ4v) is 2.16. The summed E-state index contributed by atoms with van der Waals surface area (Å²) in [6.45, 7) is 0.568. The maximum absolute atomic E-state index is 8.81. The van der Waals surface area contributed by atoms with E-state index in [1.54, 1.807) is 4.68 Å². The van der Waals surface area contributed by atoms with Crippen LogP contribution in [0.3, 0.4) is 0 Å². The number of para-hydroxylation sites is 1. The SMILES string of the molecule is Nc1nc(Cn2cc(CCCO)nn2)nc2ccccc12. The van der Waals surface area contributed by atoms with Crippen LogP contribution < -0.4 is 5.73 Å². The van der Waals surface area contributed by atoms with E-state index in [9.17, 15) is 0 Å². The number of aliphatic hydroxyl groups is 1. The van der Waals surface area contributed by atoms with Crippen molar-refractivity contribution < 1.29 is 5.11 Å². The summed E-state index contributed by atoms with van der Waals surface area (Å²) in [5.74, 6) is 1.07. The number of nitrogens with zero attached hydrogens (tertiary/aromatic N) is 5. The standard InChI is InChI=1S/C14H16N6O/c15-14-11-5-1-2-6-12(11)16-13(17-14)9-20-8-10(18-19-20)4-3-7-21/h1-2,5-6,8,21H,3-4,7,9H2,(H2,15,16,17). The predicted molar refractivity (Wildman–Crippen MR) is 78.5 cm³/mol. The van der Waals surface area contributed by atoms with Crippen molar-refractivity contribution in [1.29, 1.82) is 0 Å². The Morgan fingerprint density at radius 1 is 1.19 bits per heavy atom. The molecule has 7 nitrogen and oxygen atoms in total. The topological polar surface area (TPSA) is 103 Å². The van der Waals surface area contributed by atoms with Crippen LogP contribution in [0, 0.1) is 0 Å². The summed E-state index contributed by atoms with van der Waals surface area (Å²) in [6, 6.07) is 7.63. The second-order valence-electron chi connectivity index (χ2n) is 4.78. The number of nitrogen functional groups attached to an aromatic ring is 1. The minimum atomic E-state index is 0.150. The zero-order valence-electron chi connectivity index (χ0n) is 11.5. The summed E-state index contributed by atoms with van der Waals surface area (Å²) in [5, 5.41) is 17.8. The molecule has 3 N–H and O–H groups in total. The maximum Gasteiger partial charge on any atom is 0.152 e. The van der Waals surface area contributed by atoms with Crippen LogP contribution in [-0.2, 0) is 13.0 Å². The Labute approximate surface area is 121 Å². The van der Waals surface area contributed by atoms with E-state index in [-0.39, 0.29) is 6.61 Å². The number of rotatable bonds is 5. The van der Waals surface area contributed by atoms with E-state index in [4.69, 9.17) is 10.8 Å². The van der Waals surface area contributed by atoms with Crippen molar-refractivity contribution in [3.8, 4) is 0 Å². The first kappa shape index (κ1) is 13.4. The van der Waals surface area contributed by atoms with E-state index < -0.39 is 0 Å². The Balaban J connectivity index is 1.83. The molecule has 3 aromatic rings. The van der Waals surface area contributed by atoms with Crippen molar-refractivity contribution in [3.63, 3.8) is 0 Å². The van der Waals surface area contributed by atoms with Gasteiger partial charge < -0.3 is 10.8 Å². The lowest BCUT2D eigenvalue weighted by molar-refractivity contribution is 0.288. The van der Waals surface area contributed by atoms with Crippen LogP contribution in [0.1, 0.15) is 17.9 Å². The van der Waals surface area contributed by atoms with Crippen molar-refractivity contribution in [2.75, 3.05) is 12.3 Å². The van der Waals surface area contributed by atoms with E-state index in [2.05, 4.69) is 20.3 Å².